The van der Waals surface area contributed by atoms with Crippen LogP contribution in [0.3, 0.4) is 0 Å². The summed E-state index contributed by atoms with van der Waals surface area (Å²) in [6, 6.07) is 7.71. The number of benzene rings is 1. The van der Waals surface area contributed by atoms with Crippen LogP contribution in [0.5, 0.6) is 5.75 Å². The molecule has 3 rings (SSSR count). The zero-order valence-electron chi connectivity index (χ0n) is 11.7. The number of rotatable bonds is 3. The summed E-state index contributed by atoms with van der Waals surface area (Å²) in [7, 11) is 1.62. The minimum atomic E-state index is -0.137. The summed E-state index contributed by atoms with van der Waals surface area (Å²) >= 11 is 2.77. The number of fused-ring (bicyclic) bond motifs is 1. The summed E-state index contributed by atoms with van der Waals surface area (Å²) in [6.45, 7) is 2.03. The molecule has 1 aromatic carbocycles. The van der Waals surface area contributed by atoms with Crippen molar-refractivity contribution in [1.29, 1.82) is 0 Å². The summed E-state index contributed by atoms with van der Waals surface area (Å²) in [5.41, 5.74) is 1.04. The van der Waals surface area contributed by atoms with E-state index in [-0.39, 0.29) is 22.0 Å². The third-order valence-electron chi connectivity index (χ3n) is 3.79. The molecule has 0 fully saturated rings. The van der Waals surface area contributed by atoms with Gasteiger partial charge in [-0.2, -0.15) is 0 Å². The monoisotopic (exact) mass is 321 g/mol. The van der Waals surface area contributed by atoms with Gasteiger partial charge in [0.2, 0.25) is 0 Å². The highest BCUT2D eigenvalue weighted by Crippen LogP contribution is 2.48. The first-order valence-corrected chi connectivity index (χ1v) is 8.32. The normalized spacial score (nSPS) is 24.4. The molecular formula is C15H15NO3S2. The Bertz CT molecular complexity index is 704. The number of hydrogen-bond acceptors (Lipinski definition) is 5. The van der Waals surface area contributed by atoms with Crippen LogP contribution < -0.4 is 9.61 Å². The van der Waals surface area contributed by atoms with Crippen LogP contribution in [-0.2, 0) is 4.79 Å². The number of carbonyl (C=O) groups is 1. The lowest BCUT2D eigenvalue weighted by atomic mass is 9.83. The highest BCUT2D eigenvalue weighted by molar-refractivity contribution is 8.00. The van der Waals surface area contributed by atoms with Crippen LogP contribution in [-0.4, -0.2) is 23.6 Å². The highest BCUT2D eigenvalue weighted by atomic mass is 32.2. The molecule has 110 valence electrons. The largest absolute Gasteiger partial charge is 0.497 e. The summed E-state index contributed by atoms with van der Waals surface area (Å²) in [5, 5.41) is 1.03. The molecule has 0 radical (unpaired) electrons. The van der Waals surface area contributed by atoms with Crippen LogP contribution in [0.1, 0.15) is 23.3 Å². The molecule has 0 amide bonds. The van der Waals surface area contributed by atoms with E-state index >= 15 is 0 Å². The van der Waals surface area contributed by atoms with Gasteiger partial charge in [0.15, 0.2) is 0 Å². The lowest BCUT2D eigenvalue weighted by molar-refractivity contribution is -0.111. The molecule has 3 atom stereocenters. The maximum Gasteiger partial charge on any atom is 0.305 e. The quantitative estimate of drug-likeness (QED) is 0.883. The Labute approximate surface area is 130 Å². The number of hydrogen-bond donors (Lipinski definition) is 1. The molecule has 21 heavy (non-hydrogen) atoms. The molecule has 0 unspecified atom stereocenters. The van der Waals surface area contributed by atoms with Crippen LogP contribution in [0.25, 0.3) is 0 Å². The predicted octanol–water partition coefficient (Wildman–Crippen LogP) is 2.89. The minimum Gasteiger partial charge on any atom is -0.497 e. The smallest absolute Gasteiger partial charge is 0.305 e. The molecule has 6 heteroatoms. The van der Waals surface area contributed by atoms with Gasteiger partial charge in [0.1, 0.15) is 12.0 Å². The maximum atomic E-state index is 11.7. The molecule has 0 aliphatic carbocycles. The van der Waals surface area contributed by atoms with Gasteiger partial charge in [0.25, 0.3) is 0 Å². The van der Waals surface area contributed by atoms with Crippen molar-refractivity contribution in [2.45, 2.75) is 23.1 Å². The van der Waals surface area contributed by atoms with Gasteiger partial charge in [-0.05, 0) is 17.7 Å². The summed E-state index contributed by atoms with van der Waals surface area (Å²) < 4.78 is 5.18. The molecule has 0 spiro atoms. The predicted molar refractivity (Wildman–Crippen MR) is 84.6 cm³/mol. The van der Waals surface area contributed by atoms with Crippen molar-refractivity contribution in [1.82, 2.24) is 4.98 Å². The van der Waals surface area contributed by atoms with Gasteiger partial charge in [0.05, 0.1) is 12.1 Å². The number of aromatic nitrogens is 1. The zero-order chi connectivity index (χ0) is 15.0. The fourth-order valence-electron chi connectivity index (χ4n) is 2.70. The van der Waals surface area contributed by atoms with Gasteiger partial charge in [-0.1, -0.05) is 30.4 Å². The Balaban J connectivity index is 2.11. The van der Waals surface area contributed by atoms with E-state index in [2.05, 4.69) is 4.98 Å². The second kappa shape index (κ2) is 5.69. The van der Waals surface area contributed by atoms with Gasteiger partial charge in [-0.25, -0.2) is 0 Å². The summed E-state index contributed by atoms with van der Waals surface area (Å²) in [4.78, 5) is 27.0. The van der Waals surface area contributed by atoms with Crippen LogP contribution in [0.2, 0.25) is 0 Å². The molecular weight excluding hydrogens is 306 g/mol. The van der Waals surface area contributed by atoms with Crippen molar-refractivity contribution in [3.05, 3.63) is 44.4 Å². The van der Waals surface area contributed by atoms with Gasteiger partial charge in [0, 0.05) is 22.0 Å². The van der Waals surface area contributed by atoms with E-state index in [0.717, 1.165) is 27.5 Å². The number of thioether (sulfide) groups is 1. The number of ether oxygens (including phenoxy) is 1. The van der Waals surface area contributed by atoms with Gasteiger partial charge in [-0.3, -0.25) is 4.79 Å². The van der Waals surface area contributed by atoms with Gasteiger partial charge >= 0.3 is 4.87 Å². The van der Waals surface area contributed by atoms with E-state index in [4.69, 9.17) is 4.74 Å². The third kappa shape index (κ3) is 2.53. The van der Waals surface area contributed by atoms with E-state index < -0.39 is 0 Å². The Kier molecular flexibility index (Phi) is 3.91. The van der Waals surface area contributed by atoms with Crippen molar-refractivity contribution < 1.29 is 9.53 Å². The van der Waals surface area contributed by atoms with E-state index in [0.29, 0.717) is 0 Å². The van der Waals surface area contributed by atoms with Crippen LogP contribution in [0.15, 0.2) is 34.1 Å². The number of thiazole rings is 1. The number of aldehydes is 1. The van der Waals surface area contributed by atoms with Gasteiger partial charge < -0.3 is 14.5 Å². The summed E-state index contributed by atoms with van der Waals surface area (Å²) in [5.74, 6) is 0.577. The maximum absolute atomic E-state index is 11.7. The first-order valence-electron chi connectivity index (χ1n) is 6.63. The number of aromatic amines is 1. The molecule has 2 heterocycles. The molecule has 1 aromatic heterocycles. The van der Waals surface area contributed by atoms with Crippen molar-refractivity contribution in [2.75, 3.05) is 7.11 Å². The van der Waals surface area contributed by atoms with Crippen LogP contribution in [0.4, 0.5) is 0 Å². The van der Waals surface area contributed by atoms with E-state index in [9.17, 15) is 9.59 Å². The fourth-order valence-corrected chi connectivity index (χ4v) is 5.10. The molecule has 1 aliphatic rings. The average Bonchev–Trinajstić information content (AvgIpc) is 2.85. The highest BCUT2D eigenvalue weighted by Gasteiger charge is 2.38. The van der Waals surface area contributed by atoms with Crippen LogP contribution >= 0.6 is 23.1 Å². The second-order valence-corrected chi connectivity index (χ2v) is 7.40. The number of H-pyrrole nitrogens is 1. The lowest BCUT2D eigenvalue weighted by Gasteiger charge is -2.32. The van der Waals surface area contributed by atoms with Crippen molar-refractivity contribution in [3.8, 4) is 5.75 Å². The number of methoxy groups -OCH3 is 1. The van der Waals surface area contributed by atoms with E-state index in [1.54, 1.807) is 18.9 Å². The minimum absolute atomic E-state index is 0.0650. The first-order chi connectivity index (χ1) is 10.1. The topological polar surface area (TPSA) is 59.2 Å². The molecule has 0 bridgehead atoms. The average molecular weight is 321 g/mol. The number of nitrogens with one attached hydrogen (secondary N) is 1. The standard InChI is InChI=1S/C15H15NO3S2/c1-8-11(7-17)12(9-3-5-10(19-2)6-4-9)13-14(20-8)16-15(18)21-13/h3-8,11-12H,1-2H3,(H,16,18)/t8-,11+,12+/m1/s1. The van der Waals surface area contributed by atoms with Crippen molar-refractivity contribution >= 4 is 29.4 Å². The van der Waals surface area contributed by atoms with Crippen molar-refractivity contribution in [2.24, 2.45) is 5.92 Å². The Morgan fingerprint density at radius 2 is 2.00 bits per heavy atom. The number of carbonyl (C=O) groups excluding carboxylic acids is 1. The molecule has 4 nitrogen and oxygen atoms in total. The fraction of sp³-hybridized carbons (Fsp3) is 0.333. The molecule has 0 saturated carbocycles. The molecule has 1 N–H and O–H groups in total. The third-order valence-corrected chi connectivity index (χ3v) is 6.13. The molecule has 2 aromatic rings. The molecule has 1 aliphatic heterocycles. The summed E-state index contributed by atoms with van der Waals surface area (Å²) in [6.07, 6.45) is 1.01. The first kappa shape index (κ1) is 14.4. The SMILES string of the molecule is COc1ccc([C@@H]2c3sc(=O)[nH]c3S[C@H](C)[C@@H]2C=O)cc1. The Hall–Kier alpha value is -1.53. The molecule has 0 saturated heterocycles. The zero-order valence-corrected chi connectivity index (χ0v) is 13.3. The Morgan fingerprint density at radius 3 is 2.62 bits per heavy atom. The van der Waals surface area contributed by atoms with Gasteiger partial charge in [-0.15, -0.1) is 11.8 Å². The van der Waals surface area contributed by atoms with E-state index in [1.165, 1.54) is 11.3 Å². The van der Waals surface area contributed by atoms with Crippen molar-refractivity contribution in [3.63, 3.8) is 0 Å². The van der Waals surface area contributed by atoms with Crippen LogP contribution in [0, 0.1) is 5.92 Å². The Morgan fingerprint density at radius 1 is 1.29 bits per heavy atom. The second-order valence-electron chi connectivity index (χ2n) is 5.00. The lowest BCUT2D eigenvalue weighted by Crippen LogP contribution is -2.28. The van der Waals surface area contributed by atoms with E-state index in [1.807, 2.05) is 31.2 Å².